The van der Waals surface area contributed by atoms with E-state index in [0.717, 1.165) is 21.9 Å². The third-order valence-electron chi connectivity index (χ3n) is 2.74. The Morgan fingerprint density at radius 3 is 2.65 bits per heavy atom. The molecule has 0 amide bonds. The first-order chi connectivity index (χ1) is 8.33. The van der Waals surface area contributed by atoms with E-state index in [1.807, 2.05) is 24.4 Å². The molecular formula is C14H11N3. The maximum absolute atomic E-state index is 5.65. The van der Waals surface area contributed by atoms with Crippen LogP contribution < -0.4 is 5.73 Å². The molecule has 2 aromatic heterocycles. The number of nitrogen functional groups attached to an aromatic ring is 1. The minimum atomic E-state index is 0.548. The number of fused-ring (bicyclic) bond motifs is 1. The number of hydrogen-bond donors (Lipinski definition) is 1. The van der Waals surface area contributed by atoms with Gasteiger partial charge in [-0.25, -0.2) is 4.98 Å². The number of aromatic nitrogens is 2. The third-order valence-corrected chi connectivity index (χ3v) is 2.74. The molecule has 0 aliphatic carbocycles. The zero-order chi connectivity index (χ0) is 11.7. The van der Waals surface area contributed by atoms with Crippen LogP contribution in [0.5, 0.6) is 0 Å². The Kier molecular flexibility index (Phi) is 2.22. The monoisotopic (exact) mass is 221 g/mol. The summed E-state index contributed by atoms with van der Waals surface area (Å²) < 4.78 is 0. The molecular weight excluding hydrogens is 210 g/mol. The largest absolute Gasteiger partial charge is 0.384 e. The smallest absolute Gasteiger partial charge is 0.123 e. The van der Waals surface area contributed by atoms with Crippen LogP contribution in [0.1, 0.15) is 0 Å². The molecule has 2 N–H and O–H groups in total. The van der Waals surface area contributed by atoms with Gasteiger partial charge in [-0.05, 0) is 29.1 Å². The molecule has 0 saturated heterocycles. The summed E-state index contributed by atoms with van der Waals surface area (Å²) in [5, 5.41) is 2.19. The van der Waals surface area contributed by atoms with Gasteiger partial charge >= 0.3 is 0 Å². The minimum absolute atomic E-state index is 0.548. The molecule has 3 rings (SSSR count). The van der Waals surface area contributed by atoms with Crippen molar-refractivity contribution in [2.75, 3.05) is 5.73 Å². The van der Waals surface area contributed by atoms with Crippen LogP contribution in [0.25, 0.3) is 21.9 Å². The second kappa shape index (κ2) is 3.87. The number of nitrogens with two attached hydrogens (primary N) is 1. The highest BCUT2D eigenvalue weighted by Crippen LogP contribution is 2.23. The van der Waals surface area contributed by atoms with Crippen LogP contribution in [-0.2, 0) is 0 Å². The van der Waals surface area contributed by atoms with E-state index in [0.29, 0.717) is 5.82 Å². The molecule has 3 nitrogen and oxygen atoms in total. The summed E-state index contributed by atoms with van der Waals surface area (Å²) in [7, 11) is 0. The highest BCUT2D eigenvalue weighted by molar-refractivity contribution is 5.87. The lowest BCUT2D eigenvalue weighted by atomic mass is 10.0. The Hall–Kier alpha value is -2.42. The van der Waals surface area contributed by atoms with E-state index in [1.54, 1.807) is 12.4 Å². The highest BCUT2D eigenvalue weighted by Gasteiger charge is 2.00. The normalized spacial score (nSPS) is 10.6. The van der Waals surface area contributed by atoms with Crippen molar-refractivity contribution in [3.63, 3.8) is 0 Å². The van der Waals surface area contributed by atoms with Crippen LogP contribution in [0.2, 0.25) is 0 Å². The van der Waals surface area contributed by atoms with Gasteiger partial charge in [0.15, 0.2) is 0 Å². The molecule has 2 heterocycles. The molecule has 0 aliphatic rings. The van der Waals surface area contributed by atoms with Gasteiger partial charge in [-0.1, -0.05) is 18.2 Å². The Morgan fingerprint density at radius 2 is 1.82 bits per heavy atom. The first-order valence-electron chi connectivity index (χ1n) is 5.38. The predicted octanol–water partition coefficient (Wildman–Crippen LogP) is 2.88. The number of hydrogen-bond acceptors (Lipinski definition) is 3. The van der Waals surface area contributed by atoms with Crippen molar-refractivity contribution >= 4 is 16.6 Å². The number of pyridine rings is 2. The van der Waals surface area contributed by atoms with Crippen LogP contribution in [-0.4, -0.2) is 9.97 Å². The standard InChI is InChI=1S/C14H11N3/c15-14-7-11-4-3-10(6-13(11)9-17-14)12-2-1-5-16-8-12/h1-9H,(H2,15,17). The molecule has 0 atom stereocenters. The lowest BCUT2D eigenvalue weighted by Crippen LogP contribution is -1.89. The van der Waals surface area contributed by atoms with Gasteiger partial charge in [0.05, 0.1) is 0 Å². The van der Waals surface area contributed by atoms with E-state index in [-0.39, 0.29) is 0 Å². The molecule has 0 saturated carbocycles. The van der Waals surface area contributed by atoms with Crippen molar-refractivity contribution in [3.8, 4) is 11.1 Å². The summed E-state index contributed by atoms with van der Waals surface area (Å²) in [4.78, 5) is 8.22. The van der Waals surface area contributed by atoms with Gasteiger partial charge in [0.1, 0.15) is 5.82 Å². The van der Waals surface area contributed by atoms with Crippen LogP contribution in [0.3, 0.4) is 0 Å². The van der Waals surface area contributed by atoms with Gasteiger partial charge in [-0.15, -0.1) is 0 Å². The molecule has 0 unspecified atom stereocenters. The summed E-state index contributed by atoms with van der Waals surface area (Å²) >= 11 is 0. The maximum atomic E-state index is 5.65. The van der Waals surface area contributed by atoms with Crippen molar-refractivity contribution in [1.82, 2.24) is 9.97 Å². The van der Waals surface area contributed by atoms with Crippen molar-refractivity contribution < 1.29 is 0 Å². The molecule has 17 heavy (non-hydrogen) atoms. The first-order valence-corrected chi connectivity index (χ1v) is 5.38. The zero-order valence-electron chi connectivity index (χ0n) is 9.17. The van der Waals surface area contributed by atoms with Crippen LogP contribution >= 0.6 is 0 Å². The van der Waals surface area contributed by atoms with Gasteiger partial charge < -0.3 is 5.73 Å². The number of anilines is 1. The average Bonchev–Trinajstić information content (AvgIpc) is 2.39. The minimum Gasteiger partial charge on any atom is -0.384 e. The Bertz CT molecular complexity index is 663. The topological polar surface area (TPSA) is 51.8 Å². The fourth-order valence-corrected chi connectivity index (χ4v) is 1.87. The Labute approximate surface area is 98.9 Å². The molecule has 0 aliphatic heterocycles. The van der Waals surface area contributed by atoms with Crippen LogP contribution in [0, 0.1) is 0 Å². The van der Waals surface area contributed by atoms with E-state index in [4.69, 9.17) is 5.73 Å². The predicted molar refractivity (Wildman–Crippen MR) is 69.4 cm³/mol. The van der Waals surface area contributed by atoms with Gasteiger partial charge in [-0.2, -0.15) is 0 Å². The van der Waals surface area contributed by atoms with Gasteiger partial charge in [0.2, 0.25) is 0 Å². The van der Waals surface area contributed by atoms with Crippen molar-refractivity contribution in [2.45, 2.75) is 0 Å². The number of nitrogens with zero attached hydrogens (tertiary/aromatic N) is 2. The molecule has 0 spiro atoms. The summed E-state index contributed by atoms with van der Waals surface area (Å²) in [6.07, 6.45) is 5.42. The first kappa shape index (κ1) is 9.78. The Morgan fingerprint density at radius 1 is 0.882 bits per heavy atom. The molecule has 3 aromatic rings. The fraction of sp³-hybridized carbons (Fsp3) is 0. The molecule has 3 heteroatoms. The second-order valence-electron chi connectivity index (χ2n) is 3.91. The Balaban J connectivity index is 2.17. The third kappa shape index (κ3) is 1.83. The molecule has 0 radical (unpaired) electrons. The van der Waals surface area contributed by atoms with Crippen molar-refractivity contribution in [3.05, 3.63) is 55.0 Å². The molecule has 0 fully saturated rings. The SMILES string of the molecule is Nc1cc2ccc(-c3cccnc3)cc2cn1. The quantitative estimate of drug-likeness (QED) is 0.687. The molecule has 82 valence electrons. The second-order valence-corrected chi connectivity index (χ2v) is 3.91. The van der Waals surface area contributed by atoms with E-state index >= 15 is 0 Å². The highest BCUT2D eigenvalue weighted by atomic mass is 14.8. The average molecular weight is 221 g/mol. The van der Waals surface area contributed by atoms with Gasteiger partial charge in [0, 0.05) is 29.5 Å². The van der Waals surface area contributed by atoms with Crippen LogP contribution in [0.15, 0.2) is 55.0 Å². The number of rotatable bonds is 1. The summed E-state index contributed by atoms with van der Waals surface area (Å²) in [5.74, 6) is 0.548. The lowest BCUT2D eigenvalue weighted by molar-refractivity contribution is 1.33. The van der Waals surface area contributed by atoms with E-state index in [9.17, 15) is 0 Å². The number of benzene rings is 1. The van der Waals surface area contributed by atoms with E-state index < -0.39 is 0 Å². The van der Waals surface area contributed by atoms with E-state index in [2.05, 4.69) is 28.2 Å². The van der Waals surface area contributed by atoms with Crippen molar-refractivity contribution in [1.29, 1.82) is 0 Å². The van der Waals surface area contributed by atoms with Crippen molar-refractivity contribution in [2.24, 2.45) is 0 Å². The van der Waals surface area contributed by atoms with Gasteiger partial charge in [0.25, 0.3) is 0 Å². The maximum Gasteiger partial charge on any atom is 0.123 e. The van der Waals surface area contributed by atoms with Crippen LogP contribution in [0.4, 0.5) is 5.82 Å². The summed E-state index contributed by atoms with van der Waals surface area (Å²) in [5.41, 5.74) is 7.89. The zero-order valence-corrected chi connectivity index (χ0v) is 9.17. The van der Waals surface area contributed by atoms with E-state index in [1.165, 1.54) is 0 Å². The summed E-state index contributed by atoms with van der Waals surface area (Å²) in [6, 6.07) is 12.1. The molecule has 0 bridgehead atoms. The summed E-state index contributed by atoms with van der Waals surface area (Å²) in [6.45, 7) is 0. The molecule has 1 aromatic carbocycles. The van der Waals surface area contributed by atoms with Gasteiger partial charge in [-0.3, -0.25) is 4.98 Å². The lowest BCUT2D eigenvalue weighted by Gasteiger charge is -2.03. The fourth-order valence-electron chi connectivity index (χ4n) is 1.87.